The zero-order valence-electron chi connectivity index (χ0n) is 11.0. The maximum absolute atomic E-state index is 13.4. The molecule has 1 amide bonds. The van der Waals surface area contributed by atoms with Gasteiger partial charge in [0.25, 0.3) is 0 Å². The number of rotatable bonds is 5. The summed E-state index contributed by atoms with van der Waals surface area (Å²) in [5.74, 6) is -0.0616. The van der Waals surface area contributed by atoms with Gasteiger partial charge in [-0.15, -0.1) is 0 Å². The highest BCUT2D eigenvalue weighted by molar-refractivity contribution is 5.76. The van der Waals surface area contributed by atoms with Crippen molar-refractivity contribution in [3.63, 3.8) is 0 Å². The normalized spacial score (nSPS) is 10.5. The smallest absolute Gasteiger partial charge is 0.338 e. The van der Waals surface area contributed by atoms with Crippen molar-refractivity contribution in [3.8, 4) is 0 Å². The fraction of sp³-hybridized carbons (Fsp3) is 0.308. The van der Waals surface area contributed by atoms with E-state index in [-0.39, 0.29) is 24.7 Å². The Balaban J connectivity index is 1.88. The van der Waals surface area contributed by atoms with E-state index in [1.807, 2.05) is 0 Å². The molecule has 20 heavy (non-hydrogen) atoms. The molecule has 2 N–H and O–H groups in total. The number of aryl methyl sites for hydroxylation is 1. The number of carbonyl (C=O) groups is 1. The van der Waals surface area contributed by atoms with Crippen LogP contribution in [-0.2, 0) is 17.8 Å². The van der Waals surface area contributed by atoms with Gasteiger partial charge in [-0.3, -0.25) is 9.78 Å². The first-order valence-corrected chi connectivity index (χ1v) is 6.17. The predicted molar refractivity (Wildman–Crippen MR) is 70.4 cm³/mol. The summed E-state index contributed by atoms with van der Waals surface area (Å²) in [6.45, 7) is 0.203. The average molecular weight is 278 g/mol. The molecule has 0 fully saturated rings. The molecule has 106 valence electrons. The predicted octanol–water partition coefficient (Wildman–Crippen LogP) is 0.828. The number of carbonyl (C=O) groups excluding carboxylic acids is 1. The van der Waals surface area contributed by atoms with E-state index in [9.17, 15) is 14.0 Å². The van der Waals surface area contributed by atoms with Gasteiger partial charge in [0.05, 0.1) is 6.54 Å². The van der Waals surface area contributed by atoms with Crippen molar-refractivity contribution in [2.45, 2.75) is 19.4 Å². The van der Waals surface area contributed by atoms with Gasteiger partial charge in [-0.2, -0.15) is 5.10 Å². The second-order valence-electron chi connectivity index (χ2n) is 4.47. The van der Waals surface area contributed by atoms with Gasteiger partial charge >= 0.3 is 5.69 Å². The Morgan fingerprint density at radius 3 is 2.80 bits per heavy atom. The molecule has 0 aliphatic rings. The van der Waals surface area contributed by atoms with Gasteiger partial charge < -0.3 is 4.90 Å². The van der Waals surface area contributed by atoms with Crippen LogP contribution in [0, 0.1) is 5.82 Å². The molecule has 0 spiro atoms. The highest BCUT2D eigenvalue weighted by Gasteiger charge is 2.12. The number of benzene rings is 1. The van der Waals surface area contributed by atoms with Crippen LogP contribution in [0.5, 0.6) is 0 Å². The summed E-state index contributed by atoms with van der Waals surface area (Å²) >= 11 is 0. The molecule has 1 heterocycles. The Morgan fingerprint density at radius 2 is 2.15 bits per heavy atom. The molecule has 0 saturated carbocycles. The lowest BCUT2D eigenvalue weighted by molar-refractivity contribution is -0.130. The third kappa shape index (κ3) is 3.53. The minimum absolute atomic E-state index is 0.142. The summed E-state index contributed by atoms with van der Waals surface area (Å²) in [5.41, 5.74) is 0.106. The maximum atomic E-state index is 13.4. The number of aromatic amines is 2. The van der Waals surface area contributed by atoms with Gasteiger partial charge in [0.15, 0.2) is 5.82 Å². The summed E-state index contributed by atoms with van der Waals surface area (Å²) in [6, 6.07) is 6.38. The van der Waals surface area contributed by atoms with Crippen molar-refractivity contribution in [2.75, 3.05) is 7.05 Å². The van der Waals surface area contributed by atoms with Crippen molar-refractivity contribution in [2.24, 2.45) is 0 Å². The molecule has 2 rings (SSSR count). The van der Waals surface area contributed by atoms with Crippen LogP contribution in [0.15, 0.2) is 29.1 Å². The number of hydrogen-bond donors (Lipinski definition) is 2. The number of amides is 1. The van der Waals surface area contributed by atoms with Gasteiger partial charge in [-0.05, 0) is 18.1 Å². The Kier molecular flexibility index (Phi) is 4.29. The van der Waals surface area contributed by atoms with E-state index in [4.69, 9.17) is 0 Å². The zero-order valence-corrected chi connectivity index (χ0v) is 11.0. The standard InChI is InChI=1S/C13H15FN4O2/c1-18(8-11-15-13(20)17-16-11)12(19)7-6-9-4-2-3-5-10(9)14/h2-5H,6-8H2,1H3,(H2,15,16,17,20). The fourth-order valence-corrected chi connectivity index (χ4v) is 1.83. The van der Waals surface area contributed by atoms with E-state index >= 15 is 0 Å². The molecular formula is C13H15FN4O2. The van der Waals surface area contributed by atoms with Crippen LogP contribution in [0.3, 0.4) is 0 Å². The van der Waals surface area contributed by atoms with E-state index in [0.29, 0.717) is 17.8 Å². The van der Waals surface area contributed by atoms with Gasteiger partial charge in [-0.1, -0.05) is 18.2 Å². The van der Waals surface area contributed by atoms with Crippen LogP contribution in [0.4, 0.5) is 4.39 Å². The Morgan fingerprint density at radius 1 is 1.40 bits per heavy atom. The van der Waals surface area contributed by atoms with Crippen LogP contribution < -0.4 is 5.69 Å². The van der Waals surface area contributed by atoms with Gasteiger partial charge in [0.2, 0.25) is 5.91 Å². The van der Waals surface area contributed by atoms with Gasteiger partial charge in [0.1, 0.15) is 5.82 Å². The maximum Gasteiger partial charge on any atom is 0.340 e. The Hall–Kier alpha value is -2.44. The molecule has 1 aromatic heterocycles. The summed E-state index contributed by atoms with van der Waals surface area (Å²) in [7, 11) is 1.61. The van der Waals surface area contributed by atoms with Crippen molar-refractivity contribution < 1.29 is 9.18 Å². The second kappa shape index (κ2) is 6.14. The summed E-state index contributed by atoms with van der Waals surface area (Å²) in [4.78, 5) is 26.7. The van der Waals surface area contributed by atoms with Crippen molar-refractivity contribution in [1.82, 2.24) is 20.1 Å². The molecule has 0 aliphatic heterocycles. The molecule has 0 bridgehead atoms. The van der Waals surface area contributed by atoms with Crippen LogP contribution >= 0.6 is 0 Å². The molecule has 0 aliphatic carbocycles. The van der Waals surface area contributed by atoms with E-state index in [1.165, 1.54) is 11.0 Å². The largest absolute Gasteiger partial charge is 0.340 e. The topological polar surface area (TPSA) is 81.8 Å². The average Bonchev–Trinajstić information content (AvgIpc) is 2.82. The fourth-order valence-electron chi connectivity index (χ4n) is 1.83. The number of aromatic nitrogens is 3. The highest BCUT2D eigenvalue weighted by atomic mass is 19.1. The number of H-pyrrole nitrogens is 2. The third-order valence-electron chi connectivity index (χ3n) is 2.93. The van der Waals surface area contributed by atoms with E-state index in [0.717, 1.165) is 0 Å². The minimum atomic E-state index is -0.410. The number of hydrogen-bond acceptors (Lipinski definition) is 3. The highest BCUT2D eigenvalue weighted by Crippen LogP contribution is 2.10. The van der Waals surface area contributed by atoms with E-state index < -0.39 is 5.69 Å². The lowest BCUT2D eigenvalue weighted by Gasteiger charge is -2.15. The minimum Gasteiger partial charge on any atom is -0.338 e. The number of nitrogens with one attached hydrogen (secondary N) is 2. The quantitative estimate of drug-likeness (QED) is 0.850. The molecule has 1 aromatic carbocycles. The van der Waals surface area contributed by atoms with Gasteiger partial charge in [0, 0.05) is 13.5 Å². The summed E-state index contributed by atoms with van der Waals surface area (Å²) in [6.07, 6.45) is 0.541. The molecular weight excluding hydrogens is 263 g/mol. The molecule has 0 radical (unpaired) electrons. The van der Waals surface area contributed by atoms with E-state index in [1.54, 1.807) is 25.2 Å². The molecule has 0 saturated heterocycles. The van der Waals surface area contributed by atoms with Crippen molar-refractivity contribution in [3.05, 3.63) is 52.0 Å². The lowest BCUT2D eigenvalue weighted by atomic mass is 10.1. The van der Waals surface area contributed by atoms with Gasteiger partial charge in [-0.25, -0.2) is 14.3 Å². The van der Waals surface area contributed by atoms with Crippen LogP contribution in [-0.4, -0.2) is 33.0 Å². The lowest BCUT2D eigenvalue weighted by Crippen LogP contribution is -2.27. The van der Waals surface area contributed by atoms with Crippen molar-refractivity contribution in [1.29, 1.82) is 0 Å². The molecule has 0 atom stereocenters. The summed E-state index contributed by atoms with van der Waals surface area (Å²) in [5, 5.41) is 5.95. The molecule has 2 aromatic rings. The first-order valence-electron chi connectivity index (χ1n) is 6.17. The molecule has 6 nitrogen and oxygen atoms in total. The SMILES string of the molecule is CN(Cc1n[nH]c(=O)[nH]1)C(=O)CCc1ccccc1F. The Labute approximate surface area is 114 Å². The number of nitrogens with zero attached hydrogens (tertiary/aromatic N) is 2. The zero-order chi connectivity index (χ0) is 14.5. The van der Waals surface area contributed by atoms with Crippen LogP contribution in [0.1, 0.15) is 17.8 Å². The first kappa shape index (κ1) is 14.0. The van der Waals surface area contributed by atoms with E-state index in [2.05, 4.69) is 15.2 Å². The molecule has 7 heteroatoms. The van der Waals surface area contributed by atoms with Crippen LogP contribution in [0.25, 0.3) is 0 Å². The van der Waals surface area contributed by atoms with Crippen molar-refractivity contribution >= 4 is 5.91 Å². The third-order valence-corrected chi connectivity index (χ3v) is 2.93. The summed E-state index contributed by atoms with van der Waals surface area (Å²) < 4.78 is 13.4. The first-order chi connectivity index (χ1) is 9.56. The number of halogens is 1. The monoisotopic (exact) mass is 278 g/mol. The second-order valence-corrected chi connectivity index (χ2v) is 4.47. The molecule has 0 unspecified atom stereocenters. The van der Waals surface area contributed by atoms with Crippen LogP contribution in [0.2, 0.25) is 0 Å². The Bertz CT molecular complexity index is 650.